The second-order valence-corrected chi connectivity index (χ2v) is 5.56. The summed E-state index contributed by atoms with van der Waals surface area (Å²) in [6, 6.07) is 0. The number of aliphatic hydroxyl groups excluding tert-OH is 8. The maximum Gasteiger partial charge on any atom is 0.224 e. The largest absolute Gasteiger partial charge is 0.394 e. The third-order valence-corrected chi connectivity index (χ3v) is 4.07. The van der Waals surface area contributed by atoms with Crippen molar-refractivity contribution in [3.8, 4) is 0 Å². The molecule has 2 heterocycles. The fourth-order valence-electron chi connectivity index (χ4n) is 2.63. The van der Waals surface area contributed by atoms with Gasteiger partial charge in [-0.3, -0.25) is 0 Å². The molecule has 2 rings (SSSR count). The average Bonchev–Trinajstić information content (AvgIpc) is 2.80. The van der Waals surface area contributed by atoms with E-state index < -0.39 is 74.6 Å². The Hall–Kier alpha value is 0.0665. The Morgan fingerprint density at radius 3 is 1.83 bits per heavy atom. The first kappa shape index (κ1) is 22.1. The van der Waals surface area contributed by atoms with E-state index in [-0.39, 0.29) is 16.8 Å². The van der Waals surface area contributed by atoms with Gasteiger partial charge in [-0.2, -0.15) is 0 Å². The molecule has 0 amide bonds. The van der Waals surface area contributed by atoms with Crippen molar-refractivity contribution >= 4 is 0 Å². The smallest absolute Gasteiger partial charge is 0.224 e. The summed E-state index contributed by atoms with van der Waals surface area (Å²) in [5, 5.41) is 76.7. The zero-order valence-electron chi connectivity index (χ0n) is 12.4. The Labute approximate surface area is 147 Å². The number of hydrogen-bond donors (Lipinski definition) is 8. The zero-order valence-corrected chi connectivity index (χ0v) is 13.4. The number of rotatable bonds is 5. The van der Waals surface area contributed by atoms with Crippen molar-refractivity contribution in [1.82, 2.24) is 0 Å². The maximum absolute atomic E-state index is 10.00. The van der Waals surface area contributed by atoms with Crippen LogP contribution in [0.1, 0.15) is 0 Å². The molecule has 2 saturated heterocycles. The normalized spacial score (nSPS) is 49.0. The van der Waals surface area contributed by atoms with Gasteiger partial charge in [0.05, 0.1) is 13.2 Å². The standard InChI is InChI=1S/C12H22O11.Co/c13-1-4-6(16)8(18)9(19)11(21-4)23-12(3-15)10(20)7(17)5(2-14)22-12;/h4-11,13-20H,1-3H2;/t4-,5-,6-,7-,8+,9-,10+,11-,12+;/m1./s1. The van der Waals surface area contributed by atoms with Gasteiger partial charge in [0.25, 0.3) is 0 Å². The summed E-state index contributed by atoms with van der Waals surface area (Å²) in [7, 11) is 0. The molecule has 2 fully saturated rings. The molecule has 0 spiro atoms. The fraction of sp³-hybridized carbons (Fsp3) is 1.00. The quantitative estimate of drug-likeness (QED) is 0.219. The van der Waals surface area contributed by atoms with Gasteiger partial charge in [-0.15, -0.1) is 0 Å². The van der Waals surface area contributed by atoms with Gasteiger partial charge in [0.2, 0.25) is 5.79 Å². The molecule has 12 heteroatoms. The Balaban J connectivity index is 0.00000288. The van der Waals surface area contributed by atoms with Gasteiger partial charge in [0.1, 0.15) is 49.3 Å². The summed E-state index contributed by atoms with van der Waals surface area (Å²) < 4.78 is 15.4. The van der Waals surface area contributed by atoms with E-state index in [1.54, 1.807) is 0 Å². The topological polar surface area (TPSA) is 190 Å². The minimum Gasteiger partial charge on any atom is -0.394 e. The summed E-state index contributed by atoms with van der Waals surface area (Å²) in [4.78, 5) is 0. The van der Waals surface area contributed by atoms with Crippen LogP contribution in [-0.4, -0.2) is 115 Å². The van der Waals surface area contributed by atoms with Crippen LogP contribution in [0.3, 0.4) is 0 Å². The van der Waals surface area contributed by atoms with E-state index in [0.717, 1.165) is 0 Å². The Bertz CT molecular complexity index is 399. The zero-order chi connectivity index (χ0) is 17.4. The molecule has 11 nitrogen and oxygen atoms in total. The average molecular weight is 401 g/mol. The van der Waals surface area contributed by atoms with E-state index in [1.807, 2.05) is 0 Å². The van der Waals surface area contributed by atoms with E-state index in [2.05, 4.69) is 0 Å². The molecular formula is C12H22CoO11. The van der Waals surface area contributed by atoms with Gasteiger partial charge in [0, 0.05) is 16.8 Å². The van der Waals surface area contributed by atoms with Crippen molar-refractivity contribution in [3.63, 3.8) is 0 Å². The predicted molar refractivity (Wildman–Crippen MR) is 68.6 cm³/mol. The number of ether oxygens (including phenoxy) is 3. The Morgan fingerprint density at radius 2 is 1.38 bits per heavy atom. The van der Waals surface area contributed by atoms with Crippen LogP contribution in [-0.2, 0) is 31.0 Å². The van der Waals surface area contributed by atoms with Gasteiger partial charge < -0.3 is 55.1 Å². The van der Waals surface area contributed by atoms with Crippen LogP contribution in [0.4, 0.5) is 0 Å². The van der Waals surface area contributed by atoms with Crippen molar-refractivity contribution in [2.75, 3.05) is 19.8 Å². The molecule has 0 aromatic heterocycles. The third kappa shape index (κ3) is 3.76. The SMILES string of the molecule is OC[C@H]1O[C@@](CO)(O[C@H]2O[C@H](CO)[C@@H](O)[C@H](O)[C@H]2O)[C@@H](O)[C@@H]1O.[Co]. The molecule has 0 aromatic carbocycles. The first-order valence-corrected chi connectivity index (χ1v) is 7.05. The molecule has 2 aliphatic heterocycles. The number of hydrogen-bond acceptors (Lipinski definition) is 11. The minimum absolute atomic E-state index is 0. The Morgan fingerprint density at radius 1 is 0.792 bits per heavy atom. The van der Waals surface area contributed by atoms with Gasteiger partial charge >= 0.3 is 0 Å². The molecular weight excluding hydrogens is 379 g/mol. The minimum atomic E-state index is -2.22. The molecule has 145 valence electrons. The molecule has 0 unspecified atom stereocenters. The molecule has 24 heavy (non-hydrogen) atoms. The van der Waals surface area contributed by atoms with E-state index in [9.17, 15) is 30.6 Å². The van der Waals surface area contributed by atoms with Gasteiger partial charge in [-0.25, -0.2) is 0 Å². The van der Waals surface area contributed by atoms with E-state index in [0.29, 0.717) is 0 Å². The van der Waals surface area contributed by atoms with Crippen LogP contribution in [0.5, 0.6) is 0 Å². The van der Waals surface area contributed by atoms with Crippen LogP contribution in [0, 0.1) is 0 Å². The summed E-state index contributed by atoms with van der Waals surface area (Å²) in [6.45, 7) is -2.32. The molecule has 9 atom stereocenters. The summed E-state index contributed by atoms with van der Waals surface area (Å²) >= 11 is 0. The van der Waals surface area contributed by atoms with E-state index in [1.165, 1.54) is 0 Å². The van der Waals surface area contributed by atoms with Crippen LogP contribution in [0.2, 0.25) is 0 Å². The third-order valence-electron chi connectivity index (χ3n) is 4.07. The summed E-state index contributed by atoms with van der Waals surface area (Å²) in [5.41, 5.74) is 0. The molecule has 0 bridgehead atoms. The van der Waals surface area contributed by atoms with Gasteiger partial charge in [0.15, 0.2) is 6.29 Å². The van der Waals surface area contributed by atoms with E-state index >= 15 is 0 Å². The van der Waals surface area contributed by atoms with Crippen molar-refractivity contribution in [2.24, 2.45) is 0 Å². The van der Waals surface area contributed by atoms with Crippen LogP contribution < -0.4 is 0 Å². The molecule has 1 radical (unpaired) electrons. The summed E-state index contributed by atoms with van der Waals surface area (Å²) in [6.07, 6.45) is -12.7. The molecule has 8 N–H and O–H groups in total. The number of aliphatic hydroxyl groups is 8. The molecule has 0 aromatic rings. The van der Waals surface area contributed by atoms with Crippen molar-refractivity contribution in [3.05, 3.63) is 0 Å². The monoisotopic (exact) mass is 401 g/mol. The maximum atomic E-state index is 10.00. The Kier molecular flexibility index (Phi) is 7.95. The van der Waals surface area contributed by atoms with Crippen molar-refractivity contribution in [2.45, 2.75) is 54.8 Å². The van der Waals surface area contributed by atoms with Crippen LogP contribution in [0.15, 0.2) is 0 Å². The van der Waals surface area contributed by atoms with Crippen molar-refractivity contribution in [1.29, 1.82) is 0 Å². The van der Waals surface area contributed by atoms with Crippen LogP contribution >= 0.6 is 0 Å². The fourth-order valence-corrected chi connectivity index (χ4v) is 2.63. The van der Waals surface area contributed by atoms with Crippen molar-refractivity contribution < 1.29 is 71.8 Å². The second-order valence-electron chi connectivity index (χ2n) is 5.56. The second kappa shape index (κ2) is 8.63. The van der Waals surface area contributed by atoms with Gasteiger partial charge in [-0.05, 0) is 0 Å². The van der Waals surface area contributed by atoms with E-state index in [4.69, 9.17) is 24.4 Å². The first-order chi connectivity index (χ1) is 10.8. The predicted octanol–water partition coefficient (Wildman–Crippen LogP) is -5.40. The molecule has 2 aliphatic rings. The molecule has 0 aliphatic carbocycles. The first-order valence-electron chi connectivity index (χ1n) is 7.05. The van der Waals surface area contributed by atoms with Crippen LogP contribution in [0.25, 0.3) is 0 Å². The van der Waals surface area contributed by atoms with Gasteiger partial charge in [-0.1, -0.05) is 0 Å². The summed E-state index contributed by atoms with van der Waals surface area (Å²) in [5.74, 6) is -2.22. The molecule has 0 saturated carbocycles.